The molecule has 1 spiro atoms. The molecule has 1 atom stereocenters. The topological polar surface area (TPSA) is 49.9 Å². The van der Waals surface area contributed by atoms with Gasteiger partial charge in [0.05, 0.1) is 0 Å². The smallest absolute Gasteiger partial charge is 0.253 e. The number of nitrogens with zero attached hydrogens (tertiary/aromatic N) is 2. The quantitative estimate of drug-likeness (QED) is 0.680. The summed E-state index contributed by atoms with van der Waals surface area (Å²) in [6.07, 6.45) is 2.91. The van der Waals surface area contributed by atoms with Gasteiger partial charge in [-0.15, -0.1) is 0 Å². The van der Waals surface area contributed by atoms with Gasteiger partial charge in [-0.1, -0.05) is 35.9 Å². The molecule has 0 aromatic heterocycles. The highest BCUT2D eigenvalue weighted by Crippen LogP contribution is 2.46. The molecule has 0 N–H and O–H groups in total. The lowest BCUT2D eigenvalue weighted by molar-refractivity contribution is -0.131. The maximum absolute atomic E-state index is 13.0. The van der Waals surface area contributed by atoms with Crippen molar-refractivity contribution >= 4 is 11.8 Å². The molecule has 5 heteroatoms. The summed E-state index contributed by atoms with van der Waals surface area (Å²) in [6, 6.07) is 15.9. The average Bonchev–Trinajstić information content (AvgIpc) is 2.80. The number of hydrogen-bond acceptors (Lipinski definition) is 3. The number of carbonyl (C=O) groups is 2. The number of ether oxygens (including phenoxy) is 1. The van der Waals surface area contributed by atoms with Gasteiger partial charge in [-0.05, 0) is 51.0 Å². The van der Waals surface area contributed by atoms with Crippen molar-refractivity contribution in [2.45, 2.75) is 58.0 Å². The monoisotopic (exact) mass is 434 g/mol. The third-order valence-electron chi connectivity index (χ3n) is 7.10. The minimum Gasteiger partial charge on any atom is -0.487 e. The summed E-state index contributed by atoms with van der Waals surface area (Å²) >= 11 is 0. The van der Waals surface area contributed by atoms with E-state index in [2.05, 4.69) is 6.07 Å². The van der Waals surface area contributed by atoms with Gasteiger partial charge in [-0.3, -0.25) is 9.59 Å². The van der Waals surface area contributed by atoms with Crippen LogP contribution in [0.1, 0.15) is 66.9 Å². The minimum atomic E-state index is -0.313. The van der Waals surface area contributed by atoms with E-state index in [-0.39, 0.29) is 23.3 Å². The molecule has 170 valence electrons. The number of aryl methyl sites for hydroxylation is 1. The van der Waals surface area contributed by atoms with Crippen LogP contribution in [0.15, 0.2) is 48.5 Å². The molecule has 2 heterocycles. The first-order valence-corrected chi connectivity index (χ1v) is 11.9. The highest BCUT2D eigenvalue weighted by molar-refractivity contribution is 5.94. The molecular formula is C27H34N2O3. The molecule has 1 fully saturated rings. The first-order chi connectivity index (χ1) is 15.4. The van der Waals surface area contributed by atoms with E-state index in [0.717, 1.165) is 54.8 Å². The number of benzene rings is 2. The van der Waals surface area contributed by atoms with Crippen LogP contribution in [0.3, 0.4) is 0 Å². The Labute approximate surface area is 191 Å². The van der Waals surface area contributed by atoms with E-state index >= 15 is 0 Å². The van der Waals surface area contributed by atoms with Crippen LogP contribution in [0.4, 0.5) is 0 Å². The second-order valence-corrected chi connectivity index (χ2v) is 9.15. The molecule has 2 aliphatic rings. The summed E-state index contributed by atoms with van der Waals surface area (Å²) in [7, 11) is 0. The van der Waals surface area contributed by atoms with Crippen molar-refractivity contribution in [3.05, 3.63) is 65.2 Å². The molecule has 4 rings (SSSR count). The Bertz CT molecular complexity index is 957. The molecule has 0 saturated carbocycles. The van der Waals surface area contributed by atoms with Crippen molar-refractivity contribution in [2.75, 3.05) is 26.2 Å². The number of piperidine rings is 1. The van der Waals surface area contributed by atoms with E-state index in [0.29, 0.717) is 19.5 Å². The zero-order valence-electron chi connectivity index (χ0n) is 19.5. The van der Waals surface area contributed by atoms with Gasteiger partial charge >= 0.3 is 0 Å². The first-order valence-electron chi connectivity index (χ1n) is 11.9. The number of para-hydroxylation sites is 1. The molecule has 2 aromatic rings. The maximum atomic E-state index is 13.0. The Morgan fingerprint density at radius 2 is 1.69 bits per heavy atom. The number of amides is 2. The van der Waals surface area contributed by atoms with Crippen molar-refractivity contribution in [1.29, 1.82) is 0 Å². The van der Waals surface area contributed by atoms with Crippen LogP contribution in [-0.2, 0) is 4.79 Å². The lowest BCUT2D eigenvalue weighted by Crippen LogP contribution is -2.52. The van der Waals surface area contributed by atoms with Crippen LogP contribution in [0, 0.1) is 6.92 Å². The van der Waals surface area contributed by atoms with Crippen LogP contribution < -0.4 is 4.74 Å². The molecule has 0 unspecified atom stereocenters. The van der Waals surface area contributed by atoms with E-state index in [1.807, 2.05) is 73.0 Å². The van der Waals surface area contributed by atoms with Gasteiger partial charge in [0.15, 0.2) is 0 Å². The molecule has 0 radical (unpaired) electrons. The van der Waals surface area contributed by atoms with Crippen molar-refractivity contribution in [3.8, 4) is 5.75 Å². The number of rotatable bonds is 5. The number of likely N-dealkylation sites (tertiary alicyclic amines) is 1. The molecule has 32 heavy (non-hydrogen) atoms. The molecule has 1 saturated heterocycles. The van der Waals surface area contributed by atoms with Gasteiger partial charge in [0.2, 0.25) is 5.91 Å². The summed E-state index contributed by atoms with van der Waals surface area (Å²) in [5.74, 6) is 1.34. The summed E-state index contributed by atoms with van der Waals surface area (Å²) in [4.78, 5) is 29.7. The fourth-order valence-corrected chi connectivity index (χ4v) is 5.15. The second kappa shape index (κ2) is 9.35. The maximum Gasteiger partial charge on any atom is 0.253 e. The minimum absolute atomic E-state index is 0.0873. The summed E-state index contributed by atoms with van der Waals surface area (Å²) in [6.45, 7) is 8.90. The summed E-state index contributed by atoms with van der Waals surface area (Å²) in [5, 5.41) is 0. The molecule has 2 amide bonds. The highest BCUT2D eigenvalue weighted by atomic mass is 16.5. The van der Waals surface area contributed by atoms with E-state index < -0.39 is 0 Å². The van der Waals surface area contributed by atoms with Crippen molar-refractivity contribution in [1.82, 2.24) is 9.80 Å². The zero-order valence-corrected chi connectivity index (χ0v) is 19.5. The van der Waals surface area contributed by atoms with Crippen LogP contribution in [0.5, 0.6) is 5.75 Å². The van der Waals surface area contributed by atoms with Crippen LogP contribution >= 0.6 is 0 Å². The number of carbonyl (C=O) groups excluding carboxylic acids is 2. The third kappa shape index (κ3) is 4.52. The van der Waals surface area contributed by atoms with Gasteiger partial charge in [-0.2, -0.15) is 0 Å². The SMILES string of the molecule is CCN(CC)C(=O)C[C@@H]1CC2(CCN(C(=O)c3ccc(C)cc3)CC2)Oc2ccccc21. The Hall–Kier alpha value is -2.82. The van der Waals surface area contributed by atoms with Crippen LogP contribution in [0.2, 0.25) is 0 Å². The van der Waals surface area contributed by atoms with Crippen LogP contribution in [0.25, 0.3) is 0 Å². The Morgan fingerprint density at radius 1 is 1.03 bits per heavy atom. The van der Waals surface area contributed by atoms with E-state index in [4.69, 9.17) is 4.74 Å². The van der Waals surface area contributed by atoms with E-state index in [1.165, 1.54) is 0 Å². The predicted octanol–water partition coefficient (Wildman–Crippen LogP) is 4.79. The van der Waals surface area contributed by atoms with Gasteiger partial charge in [-0.25, -0.2) is 0 Å². The standard InChI is InChI=1S/C27H34N2O3/c1-4-28(5-2)25(30)18-22-19-27(32-24-9-7-6-8-23(22)24)14-16-29(17-15-27)26(31)21-12-10-20(3)11-13-21/h6-13,22H,4-5,14-19H2,1-3H3/t22-/m1/s1. The largest absolute Gasteiger partial charge is 0.487 e. The van der Waals surface area contributed by atoms with Crippen molar-refractivity contribution in [2.24, 2.45) is 0 Å². The van der Waals surface area contributed by atoms with Gasteiger partial charge in [0, 0.05) is 56.9 Å². The van der Waals surface area contributed by atoms with E-state index in [9.17, 15) is 9.59 Å². The summed E-state index contributed by atoms with van der Waals surface area (Å²) < 4.78 is 6.57. The number of fused-ring (bicyclic) bond motifs is 1. The van der Waals surface area contributed by atoms with E-state index in [1.54, 1.807) is 0 Å². The van der Waals surface area contributed by atoms with Gasteiger partial charge in [0.1, 0.15) is 11.4 Å². The van der Waals surface area contributed by atoms with Crippen molar-refractivity contribution in [3.63, 3.8) is 0 Å². The molecule has 2 aliphatic heterocycles. The normalized spacial score (nSPS) is 19.2. The molecule has 2 aromatic carbocycles. The fourth-order valence-electron chi connectivity index (χ4n) is 5.15. The second-order valence-electron chi connectivity index (χ2n) is 9.15. The molecular weight excluding hydrogens is 400 g/mol. The molecule has 0 bridgehead atoms. The fraction of sp³-hybridized carbons (Fsp3) is 0.481. The van der Waals surface area contributed by atoms with Gasteiger partial charge in [0.25, 0.3) is 5.91 Å². The zero-order chi connectivity index (χ0) is 22.7. The number of hydrogen-bond donors (Lipinski definition) is 0. The molecule has 5 nitrogen and oxygen atoms in total. The summed E-state index contributed by atoms with van der Waals surface area (Å²) in [5.41, 5.74) is 2.71. The lowest BCUT2D eigenvalue weighted by Gasteiger charge is -2.47. The Morgan fingerprint density at radius 3 is 2.34 bits per heavy atom. The Balaban J connectivity index is 1.49. The third-order valence-corrected chi connectivity index (χ3v) is 7.10. The Kier molecular flexibility index (Phi) is 6.54. The van der Waals surface area contributed by atoms with Crippen LogP contribution in [-0.4, -0.2) is 53.4 Å². The van der Waals surface area contributed by atoms with Crippen molar-refractivity contribution < 1.29 is 14.3 Å². The highest BCUT2D eigenvalue weighted by Gasteiger charge is 2.44. The average molecular weight is 435 g/mol. The van der Waals surface area contributed by atoms with Gasteiger partial charge < -0.3 is 14.5 Å². The predicted molar refractivity (Wildman–Crippen MR) is 126 cm³/mol. The first kappa shape index (κ1) is 22.4. The lowest BCUT2D eigenvalue weighted by atomic mass is 9.76. The molecule has 0 aliphatic carbocycles.